The number of guanidine groups is 1. The number of hydrogen-bond acceptors (Lipinski definition) is 13. The van der Waals surface area contributed by atoms with Crippen LogP contribution in [-0.2, 0) is 38.4 Å². The molecule has 1 rings (SSSR count). The van der Waals surface area contributed by atoms with E-state index in [-0.39, 0.29) is 49.4 Å². The monoisotopic (exact) mass is 931 g/mol. The maximum absolute atomic E-state index is 14.4. The van der Waals surface area contributed by atoms with Crippen LogP contribution in [-0.4, -0.2) is 156 Å². The van der Waals surface area contributed by atoms with Crippen LogP contribution in [0.1, 0.15) is 91.9 Å². The van der Waals surface area contributed by atoms with E-state index in [4.69, 9.17) is 17.2 Å². The first-order chi connectivity index (χ1) is 29.8. The molecule has 0 radical (unpaired) electrons. The van der Waals surface area contributed by atoms with Gasteiger partial charge in [-0.05, 0) is 69.1 Å². The molecular weight excluding hydrogens is 857 g/mol. The number of aliphatic imine (C=N–C) groups is 1. The first kappa shape index (κ1) is 56.7. The van der Waals surface area contributed by atoms with E-state index >= 15 is 0 Å². The van der Waals surface area contributed by atoms with Gasteiger partial charge in [0.2, 0.25) is 47.3 Å². The number of nitrogens with one attached hydrogen (secondary N) is 7. The molecular formula is C40H74N12O9S2. The molecule has 0 bridgehead atoms. The Morgan fingerprint density at radius 2 is 1.37 bits per heavy atom. The maximum Gasteiger partial charge on any atom is 0.246 e. The highest BCUT2D eigenvalue weighted by Gasteiger charge is 2.38. The summed E-state index contributed by atoms with van der Waals surface area (Å²) in [5.74, 6) is -4.87. The van der Waals surface area contributed by atoms with Crippen molar-refractivity contribution in [3.63, 3.8) is 0 Å². The number of carbonyl (C=O) groups is 8. The number of aliphatic hydroxyl groups excluding tert-OH is 1. The fraction of sp³-hybridized carbons (Fsp3) is 0.775. The zero-order chi connectivity index (χ0) is 47.6. The van der Waals surface area contributed by atoms with E-state index < -0.39 is 103 Å². The second kappa shape index (κ2) is 30.7. The SMILES string of the molecule is CNC(=O)CN(C(=O)[C@H](CCSC)NC(=O)[C@H](C)NC(=O)[C@H](CCCN=C(N)N)NC(=O)[C@H](CC1CCCCC1)NC(C)=O)[C@@H](CSC)C(=O)N[C@@H](CO)C(=O)N[C@H](N)CC(C)C. The van der Waals surface area contributed by atoms with Crippen molar-refractivity contribution in [2.75, 3.05) is 50.8 Å². The third-order valence-electron chi connectivity index (χ3n) is 10.3. The van der Waals surface area contributed by atoms with Crippen LogP contribution in [0.2, 0.25) is 0 Å². The Labute approximate surface area is 380 Å². The number of carbonyl (C=O) groups excluding carboxylic acids is 8. The topological polar surface area (TPSA) is 335 Å². The fourth-order valence-corrected chi connectivity index (χ4v) is 8.12. The second-order valence-electron chi connectivity index (χ2n) is 16.2. The average molecular weight is 931 g/mol. The van der Waals surface area contributed by atoms with Crippen molar-refractivity contribution in [1.82, 2.24) is 42.1 Å². The number of likely N-dealkylation sites (N-methyl/N-ethyl adjacent to an activating group) is 1. The summed E-state index contributed by atoms with van der Waals surface area (Å²) < 4.78 is 0. The summed E-state index contributed by atoms with van der Waals surface area (Å²) in [6, 6.07) is -7.37. The quantitative estimate of drug-likeness (QED) is 0.0167. The standard InChI is InChI=1S/C40H74N12O9S2/c1-23(2)18-32(41)51-37(59)30(21-53)50-38(60)31(22-63-7)52(20-33(55)44-5)39(61)28(15-17-62-6)49-34(56)24(3)46-35(57)27(14-11-16-45-40(42)43)48-36(58)29(47-25(4)54)19-26-12-9-8-10-13-26/h23-24,26-32,53H,8-22,41H2,1-7H3,(H,44,55)(H,46,57)(H,47,54)(H,48,58)(H,49,56)(H,50,60)(H,51,59)(H4,42,43,45)/t24-,27-,28-,29-,30-,31-,32-/m0/s1. The molecule has 0 aromatic heterocycles. The number of hydrogen-bond donors (Lipinski definition) is 11. The molecule has 1 saturated carbocycles. The molecule has 8 amide bonds. The molecule has 1 fully saturated rings. The number of nitrogens with zero attached hydrogens (tertiary/aromatic N) is 2. The zero-order valence-corrected chi connectivity index (χ0v) is 39.6. The molecule has 0 unspecified atom stereocenters. The molecule has 0 aromatic rings. The molecule has 0 aromatic carbocycles. The Hall–Kier alpha value is -4.35. The number of rotatable bonds is 29. The van der Waals surface area contributed by atoms with Crippen LogP contribution in [0.25, 0.3) is 0 Å². The minimum absolute atomic E-state index is 0.0312. The van der Waals surface area contributed by atoms with Gasteiger partial charge in [-0.2, -0.15) is 23.5 Å². The van der Waals surface area contributed by atoms with Crippen molar-refractivity contribution < 1.29 is 43.5 Å². The molecule has 21 nitrogen and oxygen atoms in total. The molecule has 360 valence electrons. The Morgan fingerprint density at radius 3 is 1.92 bits per heavy atom. The van der Waals surface area contributed by atoms with Crippen LogP contribution in [0.5, 0.6) is 0 Å². The zero-order valence-electron chi connectivity index (χ0n) is 38.0. The highest BCUT2D eigenvalue weighted by molar-refractivity contribution is 7.98. The number of thioether (sulfide) groups is 2. The Balaban J connectivity index is 3.38. The molecule has 1 aliphatic carbocycles. The third-order valence-corrected chi connectivity index (χ3v) is 11.6. The van der Waals surface area contributed by atoms with Gasteiger partial charge < -0.3 is 64.4 Å². The lowest BCUT2D eigenvalue weighted by atomic mass is 9.84. The highest BCUT2D eigenvalue weighted by Crippen LogP contribution is 2.27. The first-order valence-corrected chi connectivity index (χ1v) is 24.3. The molecule has 63 heavy (non-hydrogen) atoms. The van der Waals surface area contributed by atoms with E-state index in [0.717, 1.165) is 37.0 Å². The van der Waals surface area contributed by atoms with E-state index in [0.29, 0.717) is 18.6 Å². The minimum Gasteiger partial charge on any atom is -0.394 e. The molecule has 23 heteroatoms. The van der Waals surface area contributed by atoms with Gasteiger partial charge >= 0.3 is 0 Å². The lowest BCUT2D eigenvalue weighted by Crippen LogP contribution is -2.62. The van der Waals surface area contributed by atoms with Crippen LogP contribution < -0.4 is 54.4 Å². The van der Waals surface area contributed by atoms with Crippen molar-refractivity contribution in [1.29, 1.82) is 0 Å². The Kier molecular flexibility index (Phi) is 27.6. The Morgan fingerprint density at radius 1 is 0.762 bits per heavy atom. The number of aliphatic hydroxyl groups is 1. The predicted octanol–water partition coefficient (Wildman–Crippen LogP) is -2.03. The minimum atomic E-state index is -1.43. The van der Waals surface area contributed by atoms with Crippen LogP contribution in [0.4, 0.5) is 0 Å². The van der Waals surface area contributed by atoms with Crippen molar-refractivity contribution in [3.8, 4) is 0 Å². The second-order valence-corrected chi connectivity index (χ2v) is 18.1. The van der Waals surface area contributed by atoms with Gasteiger partial charge in [-0.15, -0.1) is 0 Å². The molecule has 7 atom stereocenters. The first-order valence-electron chi connectivity index (χ1n) is 21.5. The van der Waals surface area contributed by atoms with Crippen LogP contribution >= 0.6 is 23.5 Å². The summed E-state index contributed by atoms with van der Waals surface area (Å²) in [4.78, 5) is 112. The fourth-order valence-electron chi connectivity index (χ4n) is 7.00. The van der Waals surface area contributed by atoms with Crippen LogP contribution in [0.15, 0.2) is 4.99 Å². The van der Waals surface area contributed by atoms with Crippen LogP contribution in [0, 0.1) is 11.8 Å². The summed E-state index contributed by atoms with van der Waals surface area (Å²) >= 11 is 2.56. The summed E-state index contributed by atoms with van der Waals surface area (Å²) in [5, 5.41) is 28.3. The number of nitrogens with two attached hydrogens (primary N) is 3. The van der Waals surface area contributed by atoms with Gasteiger partial charge in [0.1, 0.15) is 42.8 Å². The molecule has 0 aliphatic heterocycles. The van der Waals surface area contributed by atoms with E-state index in [1.165, 1.54) is 44.4 Å². The van der Waals surface area contributed by atoms with E-state index in [2.05, 4.69) is 42.2 Å². The predicted molar refractivity (Wildman–Crippen MR) is 246 cm³/mol. The maximum atomic E-state index is 14.4. The van der Waals surface area contributed by atoms with E-state index in [9.17, 15) is 43.5 Å². The van der Waals surface area contributed by atoms with Gasteiger partial charge in [0.25, 0.3) is 0 Å². The summed E-state index contributed by atoms with van der Waals surface area (Å²) in [6.45, 7) is 5.31. The summed E-state index contributed by atoms with van der Waals surface area (Å²) in [6.07, 6.45) is 8.97. The smallest absolute Gasteiger partial charge is 0.246 e. The van der Waals surface area contributed by atoms with Crippen LogP contribution in [0.3, 0.4) is 0 Å². The van der Waals surface area contributed by atoms with Crippen molar-refractivity contribution in [2.45, 2.75) is 134 Å². The van der Waals surface area contributed by atoms with Gasteiger partial charge in [-0.1, -0.05) is 46.0 Å². The Bertz CT molecular complexity index is 1530. The normalized spacial score (nSPS) is 16.1. The largest absolute Gasteiger partial charge is 0.394 e. The number of amides is 8. The molecule has 1 aliphatic rings. The van der Waals surface area contributed by atoms with Gasteiger partial charge in [-0.3, -0.25) is 43.3 Å². The van der Waals surface area contributed by atoms with Crippen molar-refractivity contribution in [2.24, 2.45) is 34.0 Å². The van der Waals surface area contributed by atoms with Gasteiger partial charge in [0, 0.05) is 26.3 Å². The third kappa shape index (κ3) is 22.2. The average Bonchev–Trinajstić information content (AvgIpc) is 3.22. The van der Waals surface area contributed by atoms with Gasteiger partial charge in [0.15, 0.2) is 5.96 Å². The lowest BCUT2D eigenvalue weighted by Gasteiger charge is -2.34. The molecule has 0 spiro atoms. The molecule has 14 N–H and O–H groups in total. The summed E-state index contributed by atoms with van der Waals surface area (Å²) in [5.41, 5.74) is 17.0. The van der Waals surface area contributed by atoms with E-state index in [1.807, 2.05) is 13.8 Å². The van der Waals surface area contributed by atoms with Gasteiger partial charge in [0.05, 0.1) is 12.8 Å². The molecule has 0 heterocycles. The van der Waals surface area contributed by atoms with Gasteiger partial charge in [-0.25, -0.2) is 0 Å². The van der Waals surface area contributed by atoms with E-state index in [1.54, 1.807) is 12.5 Å². The van der Waals surface area contributed by atoms with Crippen molar-refractivity contribution >= 4 is 76.7 Å². The van der Waals surface area contributed by atoms with Crippen molar-refractivity contribution in [3.05, 3.63) is 0 Å². The molecule has 0 saturated heterocycles. The summed E-state index contributed by atoms with van der Waals surface area (Å²) in [7, 11) is 1.35. The highest BCUT2D eigenvalue weighted by atomic mass is 32.2. The lowest BCUT2D eigenvalue weighted by molar-refractivity contribution is -0.146.